The Kier molecular flexibility index (Phi) is 4.68. The quantitative estimate of drug-likeness (QED) is 0.478. The predicted octanol–water partition coefficient (Wildman–Crippen LogP) is 4.62. The summed E-state index contributed by atoms with van der Waals surface area (Å²) in [5.74, 6) is 0.510. The monoisotopic (exact) mass is 371 g/mol. The highest BCUT2D eigenvalue weighted by molar-refractivity contribution is 6.05. The van der Waals surface area contributed by atoms with Crippen LogP contribution in [0, 0.1) is 0 Å². The van der Waals surface area contributed by atoms with Gasteiger partial charge in [-0.25, -0.2) is 4.98 Å². The van der Waals surface area contributed by atoms with Crippen molar-refractivity contribution in [3.63, 3.8) is 0 Å². The number of imidazole rings is 1. The van der Waals surface area contributed by atoms with Crippen LogP contribution in [0.25, 0.3) is 11.0 Å². The third-order valence-corrected chi connectivity index (χ3v) is 4.42. The van der Waals surface area contributed by atoms with Crippen LogP contribution in [0.5, 0.6) is 0 Å². The molecule has 0 aliphatic rings. The molecule has 0 spiro atoms. The van der Waals surface area contributed by atoms with Gasteiger partial charge < -0.3 is 20.5 Å². The number of hydrogen-bond acceptors (Lipinski definition) is 4. The lowest BCUT2D eigenvalue weighted by Crippen LogP contribution is -2.13. The number of rotatable bonds is 5. The van der Waals surface area contributed by atoms with Crippen molar-refractivity contribution >= 4 is 40.0 Å². The summed E-state index contributed by atoms with van der Waals surface area (Å²) in [6.45, 7) is 0. The molecule has 0 saturated heterocycles. The van der Waals surface area contributed by atoms with Crippen molar-refractivity contribution in [3.8, 4) is 0 Å². The summed E-state index contributed by atoms with van der Waals surface area (Å²) in [6.07, 6.45) is 0. The number of aromatic nitrogens is 2. The molecule has 0 radical (unpaired) electrons. The van der Waals surface area contributed by atoms with Crippen LogP contribution in [0.2, 0.25) is 0 Å². The Labute approximate surface area is 163 Å². The Hall–Kier alpha value is -3.80. The van der Waals surface area contributed by atoms with Gasteiger partial charge in [0.05, 0.1) is 11.0 Å². The molecule has 0 saturated carbocycles. The number of H-pyrrole nitrogens is 1. The number of amides is 1. The maximum absolute atomic E-state index is 12.5. The van der Waals surface area contributed by atoms with Gasteiger partial charge in [0.2, 0.25) is 5.95 Å². The van der Waals surface area contributed by atoms with E-state index in [9.17, 15) is 4.79 Å². The molecular formula is C22H21N5O. The van der Waals surface area contributed by atoms with Crippen LogP contribution in [0.3, 0.4) is 0 Å². The normalized spacial score (nSPS) is 10.6. The fourth-order valence-electron chi connectivity index (χ4n) is 2.92. The Morgan fingerprint density at radius 1 is 0.929 bits per heavy atom. The highest BCUT2D eigenvalue weighted by Crippen LogP contribution is 2.22. The standard InChI is InChI=1S/C22H21N5O/c1-27(2)18-11-8-15(9-12-18)21(28)23-17-10-13-19-20(14-17)26-22(25-19)24-16-6-4-3-5-7-16/h3-14H,1-2H3,(H,23,28)(H2,24,25,26). The van der Waals surface area contributed by atoms with Gasteiger partial charge in [-0.15, -0.1) is 0 Å². The first-order chi connectivity index (χ1) is 13.6. The van der Waals surface area contributed by atoms with Gasteiger partial charge in [-0.05, 0) is 54.6 Å². The molecule has 1 aromatic heterocycles. The second-order valence-corrected chi connectivity index (χ2v) is 6.70. The minimum Gasteiger partial charge on any atom is -0.378 e. The summed E-state index contributed by atoms with van der Waals surface area (Å²) in [7, 11) is 3.94. The van der Waals surface area contributed by atoms with E-state index in [1.807, 2.05) is 91.8 Å². The van der Waals surface area contributed by atoms with E-state index < -0.39 is 0 Å². The predicted molar refractivity (Wildman–Crippen MR) is 115 cm³/mol. The third-order valence-electron chi connectivity index (χ3n) is 4.42. The van der Waals surface area contributed by atoms with Gasteiger partial charge in [0.1, 0.15) is 0 Å². The first kappa shape index (κ1) is 17.6. The number of benzene rings is 3. The molecule has 0 unspecified atom stereocenters. The molecule has 1 amide bonds. The molecule has 4 rings (SSSR count). The maximum Gasteiger partial charge on any atom is 0.255 e. The van der Waals surface area contributed by atoms with Crippen LogP contribution in [0.15, 0.2) is 72.8 Å². The summed E-state index contributed by atoms with van der Waals surface area (Å²) >= 11 is 0. The van der Waals surface area contributed by atoms with Gasteiger partial charge in [-0.1, -0.05) is 18.2 Å². The fraction of sp³-hybridized carbons (Fsp3) is 0.0909. The number of fused-ring (bicyclic) bond motifs is 1. The Morgan fingerprint density at radius 2 is 1.68 bits per heavy atom. The zero-order chi connectivity index (χ0) is 19.5. The van der Waals surface area contributed by atoms with Crippen LogP contribution in [-0.2, 0) is 0 Å². The number of carbonyl (C=O) groups excluding carboxylic acids is 1. The van der Waals surface area contributed by atoms with Gasteiger partial charge in [0.25, 0.3) is 5.91 Å². The van der Waals surface area contributed by atoms with Gasteiger partial charge in [0, 0.05) is 36.7 Å². The molecular weight excluding hydrogens is 350 g/mol. The second kappa shape index (κ2) is 7.44. The van der Waals surface area contributed by atoms with Gasteiger partial charge in [-0.2, -0.15) is 0 Å². The third kappa shape index (κ3) is 3.81. The van der Waals surface area contributed by atoms with E-state index in [1.54, 1.807) is 0 Å². The lowest BCUT2D eigenvalue weighted by Gasteiger charge is -2.12. The molecule has 0 aliphatic carbocycles. The molecule has 140 valence electrons. The van der Waals surface area contributed by atoms with E-state index in [2.05, 4.69) is 20.6 Å². The van der Waals surface area contributed by atoms with Crippen LogP contribution in [0.1, 0.15) is 10.4 Å². The number of hydrogen-bond donors (Lipinski definition) is 3. The second-order valence-electron chi connectivity index (χ2n) is 6.70. The number of nitrogens with one attached hydrogen (secondary N) is 3. The first-order valence-corrected chi connectivity index (χ1v) is 8.99. The fourth-order valence-corrected chi connectivity index (χ4v) is 2.92. The minimum atomic E-state index is -0.146. The summed E-state index contributed by atoms with van der Waals surface area (Å²) in [5.41, 5.74) is 5.00. The summed E-state index contributed by atoms with van der Waals surface area (Å²) in [5, 5.41) is 6.17. The maximum atomic E-state index is 12.5. The lowest BCUT2D eigenvalue weighted by molar-refractivity contribution is 0.102. The van der Waals surface area contributed by atoms with E-state index in [0.717, 1.165) is 22.4 Å². The van der Waals surface area contributed by atoms with Gasteiger partial charge in [0.15, 0.2) is 0 Å². The molecule has 28 heavy (non-hydrogen) atoms. The lowest BCUT2D eigenvalue weighted by atomic mass is 10.2. The van der Waals surface area contributed by atoms with Crippen molar-refractivity contribution in [1.29, 1.82) is 0 Å². The van der Waals surface area contributed by atoms with Crippen LogP contribution in [-0.4, -0.2) is 30.0 Å². The smallest absolute Gasteiger partial charge is 0.255 e. The molecule has 0 fully saturated rings. The topological polar surface area (TPSA) is 73.1 Å². The number of anilines is 4. The average Bonchev–Trinajstić information content (AvgIpc) is 3.10. The van der Waals surface area contributed by atoms with E-state index in [0.29, 0.717) is 17.2 Å². The molecule has 3 N–H and O–H groups in total. The zero-order valence-corrected chi connectivity index (χ0v) is 15.7. The molecule has 1 heterocycles. The van der Waals surface area contributed by atoms with Crippen molar-refractivity contribution in [1.82, 2.24) is 9.97 Å². The van der Waals surface area contributed by atoms with Crippen molar-refractivity contribution in [3.05, 3.63) is 78.4 Å². The summed E-state index contributed by atoms with van der Waals surface area (Å²) in [6, 6.07) is 22.9. The zero-order valence-electron chi connectivity index (χ0n) is 15.7. The van der Waals surface area contributed by atoms with Crippen molar-refractivity contribution in [2.75, 3.05) is 29.6 Å². The number of aromatic amines is 1. The Balaban J connectivity index is 1.50. The van der Waals surface area contributed by atoms with Crippen LogP contribution >= 0.6 is 0 Å². The molecule has 0 bridgehead atoms. The molecule has 4 aromatic rings. The van der Waals surface area contributed by atoms with E-state index in [4.69, 9.17) is 0 Å². The highest BCUT2D eigenvalue weighted by Gasteiger charge is 2.09. The van der Waals surface area contributed by atoms with Crippen molar-refractivity contribution in [2.24, 2.45) is 0 Å². The molecule has 6 nitrogen and oxygen atoms in total. The van der Waals surface area contributed by atoms with Crippen LogP contribution < -0.4 is 15.5 Å². The SMILES string of the molecule is CN(C)c1ccc(C(=O)Nc2ccc3nc(Nc4ccccc4)[nH]c3c2)cc1. The largest absolute Gasteiger partial charge is 0.378 e. The van der Waals surface area contributed by atoms with Crippen molar-refractivity contribution < 1.29 is 4.79 Å². The highest BCUT2D eigenvalue weighted by atomic mass is 16.1. The number of carbonyl (C=O) groups is 1. The van der Waals surface area contributed by atoms with E-state index in [-0.39, 0.29) is 5.91 Å². The van der Waals surface area contributed by atoms with E-state index >= 15 is 0 Å². The van der Waals surface area contributed by atoms with Crippen LogP contribution in [0.4, 0.5) is 23.0 Å². The molecule has 0 aliphatic heterocycles. The van der Waals surface area contributed by atoms with Crippen molar-refractivity contribution in [2.45, 2.75) is 0 Å². The minimum absolute atomic E-state index is 0.146. The summed E-state index contributed by atoms with van der Waals surface area (Å²) in [4.78, 5) is 22.3. The number of para-hydroxylation sites is 1. The Morgan fingerprint density at radius 3 is 2.39 bits per heavy atom. The average molecular weight is 371 g/mol. The molecule has 3 aromatic carbocycles. The van der Waals surface area contributed by atoms with E-state index in [1.165, 1.54) is 0 Å². The molecule has 0 atom stereocenters. The molecule has 6 heteroatoms. The Bertz CT molecular complexity index is 1100. The number of nitrogens with zero attached hydrogens (tertiary/aromatic N) is 2. The van der Waals surface area contributed by atoms with Gasteiger partial charge >= 0.3 is 0 Å². The first-order valence-electron chi connectivity index (χ1n) is 8.99. The summed E-state index contributed by atoms with van der Waals surface area (Å²) < 4.78 is 0. The van der Waals surface area contributed by atoms with Gasteiger partial charge in [-0.3, -0.25) is 4.79 Å².